The van der Waals surface area contributed by atoms with E-state index in [1.807, 2.05) is 32.0 Å². The van der Waals surface area contributed by atoms with Gasteiger partial charge in [0.2, 0.25) is 11.8 Å². The summed E-state index contributed by atoms with van der Waals surface area (Å²) in [5, 5.41) is 8.97. The van der Waals surface area contributed by atoms with E-state index in [4.69, 9.17) is 0 Å². The molecule has 0 aliphatic rings. The average molecular weight is 353 g/mol. The SMILES string of the molecule is CCC(NCC(=O)Nc1ccc(NC(=O)C(C)C)cc1)c1ccccc1. The van der Waals surface area contributed by atoms with Crippen LogP contribution in [-0.2, 0) is 9.59 Å². The lowest BCUT2D eigenvalue weighted by atomic mass is 10.0. The molecule has 5 heteroatoms. The maximum absolute atomic E-state index is 12.2. The fourth-order valence-electron chi connectivity index (χ4n) is 2.53. The molecular weight excluding hydrogens is 326 g/mol. The molecule has 2 rings (SSSR count). The van der Waals surface area contributed by atoms with Crippen LogP contribution in [0, 0.1) is 5.92 Å². The van der Waals surface area contributed by atoms with Crippen LogP contribution >= 0.6 is 0 Å². The van der Waals surface area contributed by atoms with Crippen molar-refractivity contribution >= 4 is 23.2 Å². The summed E-state index contributed by atoms with van der Waals surface area (Å²) in [5.74, 6) is -0.201. The summed E-state index contributed by atoms with van der Waals surface area (Å²) in [6.45, 7) is 6.01. The Morgan fingerprint density at radius 3 is 2.00 bits per heavy atom. The maximum atomic E-state index is 12.2. The van der Waals surface area contributed by atoms with Crippen molar-refractivity contribution in [2.75, 3.05) is 17.2 Å². The zero-order valence-electron chi connectivity index (χ0n) is 15.6. The molecule has 0 radical (unpaired) electrons. The monoisotopic (exact) mass is 353 g/mol. The molecule has 2 amide bonds. The van der Waals surface area contributed by atoms with Crippen molar-refractivity contribution in [3.8, 4) is 0 Å². The van der Waals surface area contributed by atoms with Gasteiger partial charge in [-0.25, -0.2) is 0 Å². The molecule has 0 spiro atoms. The molecule has 2 aromatic rings. The number of hydrogen-bond donors (Lipinski definition) is 3. The number of benzene rings is 2. The van der Waals surface area contributed by atoms with Gasteiger partial charge in [0.05, 0.1) is 6.54 Å². The first-order valence-corrected chi connectivity index (χ1v) is 8.98. The molecule has 138 valence electrons. The topological polar surface area (TPSA) is 70.2 Å². The highest BCUT2D eigenvalue weighted by molar-refractivity contribution is 5.94. The standard InChI is InChI=1S/C21H27N3O2/c1-4-19(16-8-6-5-7-9-16)22-14-20(25)23-17-10-12-18(13-11-17)24-21(26)15(2)3/h5-13,15,19,22H,4,14H2,1-3H3,(H,23,25)(H,24,26). The van der Waals surface area contributed by atoms with E-state index < -0.39 is 0 Å². The van der Waals surface area contributed by atoms with E-state index in [-0.39, 0.29) is 30.3 Å². The summed E-state index contributed by atoms with van der Waals surface area (Å²) in [4.78, 5) is 23.9. The molecule has 0 heterocycles. The molecule has 5 nitrogen and oxygen atoms in total. The van der Waals surface area contributed by atoms with Crippen molar-refractivity contribution in [3.05, 3.63) is 60.2 Å². The van der Waals surface area contributed by atoms with E-state index in [1.54, 1.807) is 24.3 Å². The third-order valence-corrected chi connectivity index (χ3v) is 4.08. The summed E-state index contributed by atoms with van der Waals surface area (Å²) in [6.07, 6.45) is 0.904. The van der Waals surface area contributed by atoms with Crippen LogP contribution in [0.2, 0.25) is 0 Å². The number of carbonyl (C=O) groups is 2. The quantitative estimate of drug-likeness (QED) is 0.673. The van der Waals surface area contributed by atoms with Gasteiger partial charge in [0.15, 0.2) is 0 Å². The van der Waals surface area contributed by atoms with Gasteiger partial charge >= 0.3 is 0 Å². The Labute approximate surface area is 155 Å². The molecule has 26 heavy (non-hydrogen) atoms. The van der Waals surface area contributed by atoms with Crippen LogP contribution in [0.15, 0.2) is 54.6 Å². The minimum atomic E-state index is -0.0988. The number of anilines is 2. The number of nitrogens with one attached hydrogen (secondary N) is 3. The zero-order valence-corrected chi connectivity index (χ0v) is 15.6. The largest absolute Gasteiger partial charge is 0.326 e. The van der Waals surface area contributed by atoms with E-state index in [9.17, 15) is 9.59 Å². The van der Waals surface area contributed by atoms with E-state index in [2.05, 4.69) is 35.0 Å². The Kier molecular flexibility index (Phi) is 7.36. The number of hydrogen-bond acceptors (Lipinski definition) is 3. The Morgan fingerprint density at radius 2 is 1.46 bits per heavy atom. The van der Waals surface area contributed by atoms with Gasteiger partial charge in [-0.2, -0.15) is 0 Å². The van der Waals surface area contributed by atoms with Crippen LogP contribution < -0.4 is 16.0 Å². The Balaban J connectivity index is 1.84. The van der Waals surface area contributed by atoms with Gasteiger partial charge in [0.25, 0.3) is 0 Å². The first-order valence-electron chi connectivity index (χ1n) is 8.98. The van der Waals surface area contributed by atoms with Crippen LogP contribution in [0.5, 0.6) is 0 Å². The van der Waals surface area contributed by atoms with Crippen molar-refractivity contribution < 1.29 is 9.59 Å². The molecule has 0 aliphatic heterocycles. The molecule has 2 aromatic carbocycles. The van der Waals surface area contributed by atoms with E-state index in [1.165, 1.54) is 5.56 Å². The molecule has 0 saturated heterocycles. The second kappa shape index (κ2) is 9.73. The molecule has 1 unspecified atom stereocenters. The van der Waals surface area contributed by atoms with Crippen LogP contribution in [0.3, 0.4) is 0 Å². The molecule has 0 bridgehead atoms. The van der Waals surface area contributed by atoms with Crippen molar-refractivity contribution in [1.82, 2.24) is 5.32 Å². The van der Waals surface area contributed by atoms with Gasteiger partial charge < -0.3 is 16.0 Å². The summed E-state index contributed by atoms with van der Waals surface area (Å²) < 4.78 is 0. The minimum Gasteiger partial charge on any atom is -0.326 e. The van der Waals surface area contributed by atoms with Gasteiger partial charge in [-0.05, 0) is 36.2 Å². The minimum absolute atomic E-state index is 0.0301. The highest BCUT2D eigenvalue weighted by Gasteiger charge is 2.11. The van der Waals surface area contributed by atoms with E-state index in [0.29, 0.717) is 5.69 Å². The lowest BCUT2D eigenvalue weighted by Gasteiger charge is -2.17. The van der Waals surface area contributed by atoms with Gasteiger partial charge in [0.1, 0.15) is 0 Å². The van der Waals surface area contributed by atoms with Gasteiger partial charge in [-0.15, -0.1) is 0 Å². The van der Waals surface area contributed by atoms with Crippen molar-refractivity contribution in [3.63, 3.8) is 0 Å². The smallest absolute Gasteiger partial charge is 0.238 e. The van der Waals surface area contributed by atoms with Crippen LogP contribution in [0.1, 0.15) is 38.8 Å². The fourth-order valence-corrected chi connectivity index (χ4v) is 2.53. The first kappa shape index (κ1) is 19.7. The molecule has 0 aromatic heterocycles. The third-order valence-electron chi connectivity index (χ3n) is 4.08. The average Bonchev–Trinajstić information content (AvgIpc) is 2.64. The van der Waals surface area contributed by atoms with Gasteiger partial charge in [-0.3, -0.25) is 9.59 Å². The number of carbonyl (C=O) groups excluding carboxylic acids is 2. The van der Waals surface area contributed by atoms with Crippen LogP contribution in [0.25, 0.3) is 0 Å². The first-order chi connectivity index (χ1) is 12.5. The predicted octanol–water partition coefficient (Wildman–Crippen LogP) is 3.96. The second-order valence-corrected chi connectivity index (χ2v) is 6.52. The molecule has 3 N–H and O–H groups in total. The summed E-state index contributed by atoms with van der Waals surface area (Å²) >= 11 is 0. The molecule has 0 aliphatic carbocycles. The molecule has 0 saturated carbocycles. The van der Waals surface area contributed by atoms with Gasteiger partial charge in [-0.1, -0.05) is 51.1 Å². The Hall–Kier alpha value is -2.66. The third kappa shape index (κ3) is 6.01. The molecular formula is C21H27N3O2. The fraction of sp³-hybridized carbons (Fsp3) is 0.333. The highest BCUT2D eigenvalue weighted by Crippen LogP contribution is 2.16. The van der Waals surface area contributed by atoms with Crippen molar-refractivity contribution in [2.24, 2.45) is 5.92 Å². The summed E-state index contributed by atoms with van der Waals surface area (Å²) in [7, 11) is 0. The highest BCUT2D eigenvalue weighted by atomic mass is 16.2. The predicted molar refractivity (Wildman–Crippen MR) is 106 cm³/mol. The lowest BCUT2D eigenvalue weighted by molar-refractivity contribution is -0.119. The normalized spacial score (nSPS) is 11.8. The van der Waals surface area contributed by atoms with Crippen LogP contribution in [0.4, 0.5) is 11.4 Å². The Morgan fingerprint density at radius 1 is 0.885 bits per heavy atom. The molecule has 0 fully saturated rings. The van der Waals surface area contributed by atoms with Crippen molar-refractivity contribution in [1.29, 1.82) is 0 Å². The Bertz CT molecular complexity index is 712. The summed E-state index contributed by atoms with van der Waals surface area (Å²) in [6, 6.07) is 17.4. The lowest BCUT2D eigenvalue weighted by Crippen LogP contribution is -2.31. The zero-order chi connectivity index (χ0) is 18.9. The number of rotatable bonds is 8. The maximum Gasteiger partial charge on any atom is 0.238 e. The van der Waals surface area contributed by atoms with E-state index >= 15 is 0 Å². The van der Waals surface area contributed by atoms with Gasteiger partial charge in [0, 0.05) is 23.3 Å². The summed E-state index contributed by atoms with van der Waals surface area (Å²) in [5.41, 5.74) is 2.59. The van der Waals surface area contributed by atoms with Crippen LogP contribution in [-0.4, -0.2) is 18.4 Å². The molecule has 1 atom stereocenters. The van der Waals surface area contributed by atoms with Crippen molar-refractivity contribution in [2.45, 2.75) is 33.2 Å². The second-order valence-electron chi connectivity index (χ2n) is 6.52. The van der Waals surface area contributed by atoms with E-state index in [0.717, 1.165) is 12.1 Å². The number of amides is 2.